The molecule has 2 heteroatoms. The average Bonchev–Trinajstić information content (AvgIpc) is 2.63. The van der Waals surface area contributed by atoms with Crippen LogP contribution in [0, 0.1) is 0 Å². The molecule has 0 saturated carbocycles. The third-order valence-corrected chi connectivity index (χ3v) is 3.44. The Balaban J connectivity index is 1.69. The molecule has 0 amide bonds. The zero-order chi connectivity index (χ0) is 9.80. The van der Waals surface area contributed by atoms with E-state index in [-0.39, 0.29) is 0 Å². The quantitative estimate of drug-likeness (QED) is 0.695. The highest BCUT2D eigenvalue weighted by Gasteiger charge is 2.18. The lowest BCUT2D eigenvalue weighted by Gasteiger charge is -2.18. The maximum atomic E-state index is 5.88. The second-order valence-electron chi connectivity index (χ2n) is 4.71. The van der Waals surface area contributed by atoms with Crippen LogP contribution in [0.15, 0.2) is 11.6 Å². The van der Waals surface area contributed by atoms with Crippen LogP contribution in [0.25, 0.3) is 0 Å². The molecular weight excluding hydrogens is 172 g/mol. The zero-order valence-corrected chi connectivity index (χ0v) is 9.04. The number of likely N-dealkylation sites (tertiary alicyclic amines) is 1. The van der Waals surface area contributed by atoms with Crippen molar-refractivity contribution in [2.45, 2.75) is 44.6 Å². The molecule has 0 unspecified atom stereocenters. The standard InChI is InChI=1S/C12H22N2/c13-12-7-9-14(10-12)8-6-11-4-2-1-3-5-11/h4,12H,1-3,5-10,13H2/t12-/m1/s1. The van der Waals surface area contributed by atoms with Crippen molar-refractivity contribution in [1.29, 1.82) is 0 Å². The monoisotopic (exact) mass is 194 g/mol. The molecule has 2 aliphatic rings. The Morgan fingerprint density at radius 2 is 2.36 bits per heavy atom. The number of nitrogens with two attached hydrogens (primary N) is 1. The summed E-state index contributed by atoms with van der Waals surface area (Å²) in [6.07, 6.45) is 10.4. The summed E-state index contributed by atoms with van der Waals surface area (Å²) in [5.74, 6) is 0. The Morgan fingerprint density at radius 1 is 1.43 bits per heavy atom. The normalized spacial score (nSPS) is 29.2. The van der Waals surface area contributed by atoms with Gasteiger partial charge in [0, 0.05) is 19.1 Å². The van der Waals surface area contributed by atoms with Gasteiger partial charge in [-0.15, -0.1) is 0 Å². The average molecular weight is 194 g/mol. The van der Waals surface area contributed by atoms with Crippen LogP contribution in [0.5, 0.6) is 0 Å². The highest BCUT2D eigenvalue weighted by Crippen LogP contribution is 2.20. The molecule has 1 heterocycles. The predicted molar refractivity (Wildman–Crippen MR) is 60.2 cm³/mol. The van der Waals surface area contributed by atoms with E-state index in [4.69, 9.17) is 5.73 Å². The number of nitrogens with zero attached hydrogens (tertiary/aromatic N) is 1. The Hall–Kier alpha value is -0.340. The largest absolute Gasteiger partial charge is 0.326 e. The van der Waals surface area contributed by atoms with Crippen LogP contribution >= 0.6 is 0 Å². The number of allylic oxidation sites excluding steroid dienone is 1. The molecular formula is C12H22N2. The first-order chi connectivity index (χ1) is 6.84. The zero-order valence-electron chi connectivity index (χ0n) is 9.04. The Labute approximate surface area is 87.2 Å². The third kappa shape index (κ3) is 2.82. The van der Waals surface area contributed by atoms with Gasteiger partial charge in [-0.2, -0.15) is 0 Å². The molecule has 1 atom stereocenters. The summed E-state index contributed by atoms with van der Waals surface area (Å²) in [5.41, 5.74) is 7.57. The Bertz CT molecular complexity index is 210. The second-order valence-corrected chi connectivity index (χ2v) is 4.71. The number of hydrogen-bond acceptors (Lipinski definition) is 2. The maximum Gasteiger partial charge on any atom is 0.0180 e. The van der Waals surface area contributed by atoms with E-state index in [2.05, 4.69) is 11.0 Å². The summed E-state index contributed by atoms with van der Waals surface area (Å²) >= 11 is 0. The van der Waals surface area contributed by atoms with Crippen molar-refractivity contribution in [3.8, 4) is 0 Å². The highest BCUT2D eigenvalue weighted by molar-refractivity contribution is 5.05. The topological polar surface area (TPSA) is 29.3 Å². The molecule has 0 aromatic heterocycles. The second kappa shape index (κ2) is 4.94. The minimum atomic E-state index is 0.440. The van der Waals surface area contributed by atoms with Gasteiger partial charge in [-0.05, 0) is 45.1 Å². The summed E-state index contributed by atoms with van der Waals surface area (Å²) in [5, 5.41) is 0. The maximum absolute atomic E-state index is 5.88. The van der Waals surface area contributed by atoms with E-state index in [0.29, 0.717) is 6.04 Å². The third-order valence-electron chi connectivity index (χ3n) is 3.44. The first kappa shape index (κ1) is 10.2. The van der Waals surface area contributed by atoms with Crippen LogP contribution in [0.4, 0.5) is 0 Å². The van der Waals surface area contributed by atoms with E-state index in [0.717, 1.165) is 6.54 Å². The van der Waals surface area contributed by atoms with Gasteiger partial charge < -0.3 is 10.6 Å². The SMILES string of the molecule is N[C@@H]1CCN(CCC2=CCCCC2)C1. The van der Waals surface area contributed by atoms with Crippen molar-refractivity contribution in [2.75, 3.05) is 19.6 Å². The van der Waals surface area contributed by atoms with Gasteiger partial charge in [0.1, 0.15) is 0 Å². The molecule has 0 radical (unpaired) electrons. The Morgan fingerprint density at radius 3 is 3.00 bits per heavy atom. The lowest BCUT2D eigenvalue weighted by molar-refractivity contribution is 0.336. The van der Waals surface area contributed by atoms with E-state index in [1.54, 1.807) is 5.57 Å². The minimum absolute atomic E-state index is 0.440. The fourth-order valence-corrected chi connectivity index (χ4v) is 2.50. The van der Waals surface area contributed by atoms with E-state index in [1.165, 1.54) is 51.6 Å². The molecule has 0 bridgehead atoms. The summed E-state index contributed by atoms with van der Waals surface area (Å²) in [6.45, 7) is 3.57. The van der Waals surface area contributed by atoms with Crippen LogP contribution in [0.2, 0.25) is 0 Å². The van der Waals surface area contributed by atoms with Gasteiger partial charge in [0.2, 0.25) is 0 Å². The van der Waals surface area contributed by atoms with Crippen LogP contribution in [-0.2, 0) is 0 Å². The van der Waals surface area contributed by atoms with Crippen molar-refractivity contribution in [3.63, 3.8) is 0 Å². The lowest BCUT2D eigenvalue weighted by Crippen LogP contribution is -2.27. The fraction of sp³-hybridized carbons (Fsp3) is 0.833. The summed E-state index contributed by atoms with van der Waals surface area (Å²) in [7, 11) is 0. The van der Waals surface area contributed by atoms with Crippen molar-refractivity contribution in [3.05, 3.63) is 11.6 Å². The minimum Gasteiger partial charge on any atom is -0.326 e. The molecule has 0 spiro atoms. The van der Waals surface area contributed by atoms with Crippen LogP contribution in [0.1, 0.15) is 38.5 Å². The molecule has 1 fully saturated rings. The first-order valence-electron chi connectivity index (χ1n) is 6.00. The molecule has 0 aromatic rings. The van der Waals surface area contributed by atoms with Gasteiger partial charge in [-0.1, -0.05) is 11.6 Å². The van der Waals surface area contributed by atoms with Gasteiger partial charge in [-0.25, -0.2) is 0 Å². The number of hydrogen-bond donors (Lipinski definition) is 1. The lowest BCUT2D eigenvalue weighted by atomic mass is 9.97. The molecule has 2 N–H and O–H groups in total. The molecule has 1 aliphatic carbocycles. The molecule has 1 aliphatic heterocycles. The van der Waals surface area contributed by atoms with E-state index in [9.17, 15) is 0 Å². The van der Waals surface area contributed by atoms with Gasteiger partial charge in [0.05, 0.1) is 0 Å². The van der Waals surface area contributed by atoms with E-state index >= 15 is 0 Å². The van der Waals surface area contributed by atoms with E-state index in [1.807, 2.05) is 0 Å². The van der Waals surface area contributed by atoms with Gasteiger partial charge >= 0.3 is 0 Å². The fourth-order valence-electron chi connectivity index (χ4n) is 2.50. The van der Waals surface area contributed by atoms with Crippen molar-refractivity contribution < 1.29 is 0 Å². The van der Waals surface area contributed by atoms with Crippen LogP contribution in [-0.4, -0.2) is 30.6 Å². The van der Waals surface area contributed by atoms with Crippen molar-refractivity contribution in [1.82, 2.24) is 4.90 Å². The van der Waals surface area contributed by atoms with Crippen molar-refractivity contribution >= 4 is 0 Å². The smallest absolute Gasteiger partial charge is 0.0180 e. The molecule has 80 valence electrons. The highest BCUT2D eigenvalue weighted by atomic mass is 15.2. The molecule has 2 rings (SSSR count). The van der Waals surface area contributed by atoms with Crippen molar-refractivity contribution in [2.24, 2.45) is 5.73 Å². The van der Waals surface area contributed by atoms with Crippen LogP contribution < -0.4 is 5.73 Å². The molecule has 0 aromatic carbocycles. The number of rotatable bonds is 3. The summed E-state index contributed by atoms with van der Waals surface area (Å²) in [6, 6.07) is 0.440. The van der Waals surface area contributed by atoms with Gasteiger partial charge in [0.25, 0.3) is 0 Å². The van der Waals surface area contributed by atoms with Crippen LogP contribution in [0.3, 0.4) is 0 Å². The molecule has 14 heavy (non-hydrogen) atoms. The summed E-state index contributed by atoms with van der Waals surface area (Å²) < 4.78 is 0. The molecule has 2 nitrogen and oxygen atoms in total. The summed E-state index contributed by atoms with van der Waals surface area (Å²) in [4.78, 5) is 2.51. The van der Waals surface area contributed by atoms with Gasteiger partial charge in [0.15, 0.2) is 0 Å². The van der Waals surface area contributed by atoms with Gasteiger partial charge in [-0.3, -0.25) is 0 Å². The van der Waals surface area contributed by atoms with E-state index < -0.39 is 0 Å². The Kier molecular flexibility index (Phi) is 3.60. The first-order valence-corrected chi connectivity index (χ1v) is 6.00. The molecule has 1 saturated heterocycles. The predicted octanol–water partition coefficient (Wildman–Crippen LogP) is 1.91.